The van der Waals surface area contributed by atoms with Crippen LogP contribution in [0.2, 0.25) is 0 Å². The standard InChI is InChI=1S/C25H21NO4/c1-4-24(27)29-22-14-8-12-20(16-22)26(19-10-6-5-7-11-19)21-13-9-15-23(17-21)30-25(28)18(2)3/h4-17H,1-2H2,3H3. The van der Waals surface area contributed by atoms with Gasteiger partial charge in [0.1, 0.15) is 11.5 Å². The van der Waals surface area contributed by atoms with E-state index in [1.54, 1.807) is 43.3 Å². The van der Waals surface area contributed by atoms with E-state index in [-0.39, 0.29) is 0 Å². The first-order valence-electron chi connectivity index (χ1n) is 9.25. The van der Waals surface area contributed by atoms with Crippen LogP contribution in [-0.4, -0.2) is 11.9 Å². The van der Waals surface area contributed by atoms with Crippen LogP contribution in [0.5, 0.6) is 11.5 Å². The van der Waals surface area contributed by atoms with Gasteiger partial charge in [-0.15, -0.1) is 0 Å². The second-order valence-electron chi connectivity index (χ2n) is 6.46. The van der Waals surface area contributed by atoms with Gasteiger partial charge in [-0.05, 0) is 43.3 Å². The predicted octanol–water partition coefficient (Wildman–Crippen LogP) is 5.73. The number of anilines is 3. The first kappa shape index (κ1) is 20.6. The van der Waals surface area contributed by atoms with Crippen molar-refractivity contribution in [1.82, 2.24) is 0 Å². The van der Waals surface area contributed by atoms with E-state index in [9.17, 15) is 9.59 Å². The lowest BCUT2D eigenvalue weighted by Gasteiger charge is -2.26. The summed E-state index contributed by atoms with van der Waals surface area (Å²) >= 11 is 0. The molecule has 0 spiro atoms. The normalized spacial score (nSPS) is 10.0. The van der Waals surface area contributed by atoms with Gasteiger partial charge in [0.25, 0.3) is 0 Å². The molecule has 0 saturated heterocycles. The molecule has 0 radical (unpaired) electrons. The SMILES string of the molecule is C=CC(=O)Oc1cccc(N(c2ccccc2)c2cccc(OC(=O)C(=C)C)c2)c1. The number of carbonyl (C=O) groups excluding carboxylic acids is 2. The van der Waals surface area contributed by atoms with Crippen LogP contribution < -0.4 is 14.4 Å². The number of rotatable bonds is 7. The molecule has 0 aliphatic rings. The lowest BCUT2D eigenvalue weighted by Crippen LogP contribution is -2.12. The highest BCUT2D eigenvalue weighted by Gasteiger charge is 2.15. The highest BCUT2D eigenvalue weighted by molar-refractivity contribution is 5.89. The molecule has 0 N–H and O–H groups in total. The number of hydrogen-bond acceptors (Lipinski definition) is 5. The van der Waals surface area contributed by atoms with Gasteiger partial charge in [0.2, 0.25) is 0 Å². The molecule has 0 atom stereocenters. The third-order valence-electron chi connectivity index (χ3n) is 4.11. The average molecular weight is 399 g/mol. The largest absolute Gasteiger partial charge is 0.423 e. The molecule has 0 aliphatic heterocycles. The average Bonchev–Trinajstić information content (AvgIpc) is 2.75. The number of nitrogens with zero attached hydrogens (tertiary/aromatic N) is 1. The molecule has 3 aromatic rings. The number of esters is 2. The van der Waals surface area contributed by atoms with Crippen LogP contribution in [0.25, 0.3) is 0 Å². The first-order valence-corrected chi connectivity index (χ1v) is 9.25. The molecule has 3 rings (SSSR count). The summed E-state index contributed by atoms with van der Waals surface area (Å²) in [4.78, 5) is 25.5. The van der Waals surface area contributed by atoms with E-state index in [1.165, 1.54) is 0 Å². The zero-order valence-corrected chi connectivity index (χ0v) is 16.6. The summed E-state index contributed by atoms with van der Waals surface area (Å²) in [6.45, 7) is 8.63. The molecule has 0 heterocycles. The number of ether oxygens (including phenoxy) is 2. The van der Waals surface area contributed by atoms with E-state index < -0.39 is 11.9 Å². The zero-order chi connectivity index (χ0) is 21.5. The Hall–Kier alpha value is -4.12. The fourth-order valence-corrected chi connectivity index (χ4v) is 2.75. The summed E-state index contributed by atoms with van der Waals surface area (Å²) in [5.74, 6) is -0.234. The highest BCUT2D eigenvalue weighted by atomic mass is 16.5. The summed E-state index contributed by atoms with van der Waals surface area (Å²) < 4.78 is 10.6. The number of para-hydroxylation sites is 1. The minimum absolute atomic E-state index is 0.317. The van der Waals surface area contributed by atoms with Gasteiger partial charge in [-0.2, -0.15) is 0 Å². The Labute approximate surface area is 175 Å². The minimum atomic E-state index is -0.535. The van der Waals surface area contributed by atoms with Gasteiger partial charge in [0.15, 0.2) is 0 Å². The lowest BCUT2D eigenvalue weighted by atomic mass is 10.2. The fraction of sp³-hybridized carbons (Fsp3) is 0.0400. The van der Waals surface area contributed by atoms with Gasteiger partial charge in [-0.1, -0.05) is 43.5 Å². The molecule has 3 aromatic carbocycles. The minimum Gasteiger partial charge on any atom is -0.423 e. The molecule has 0 fully saturated rings. The molecule has 0 unspecified atom stereocenters. The monoisotopic (exact) mass is 399 g/mol. The van der Waals surface area contributed by atoms with Gasteiger partial charge in [-0.25, -0.2) is 9.59 Å². The highest BCUT2D eigenvalue weighted by Crippen LogP contribution is 2.37. The number of hydrogen-bond donors (Lipinski definition) is 0. The van der Waals surface area contributed by atoms with Gasteiger partial charge >= 0.3 is 11.9 Å². The zero-order valence-electron chi connectivity index (χ0n) is 16.6. The maximum atomic E-state index is 11.9. The summed E-state index contributed by atoms with van der Waals surface area (Å²) in [6.07, 6.45) is 1.11. The van der Waals surface area contributed by atoms with Crippen LogP contribution in [-0.2, 0) is 9.59 Å². The van der Waals surface area contributed by atoms with E-state index in [4.69, 9.17) is 9.47 Å². The quantitative estimate of drug-likeness (QED) is 0.288. The molecule has 0 saturated carbocycles. The molecule has 30 heavy (non-hydrogen) atoms. The second kappa shape index (κ2) is 9.39. The van der Waals surface area contributed by atoms with Crippen LogP contribution in [0.3, 0.4) is 0 Å². The molecule has 5 heteroatoms. The number of carbonyl (C=O) groups is 2. The Kier molecular flexibility index (Phi) is 6.45. The maximum absolute atomic E-state index is 11.9. The predicted molar refractivity (Wildman–Crippen MR) is 117 cm³/mol. The van der Waals surface area contributed by atoms with Crippen molar-refractivity contribution in [2.24, 2.45) is 0 Å². The Balaban J connectivity index is 2.04. The van der Waals surface area contributed by atoms with E-state index >= 15 is 0 Å². The Bertz CT molecular complexity index is 1090. The molecule has 0 amide bonds. The van der Waals surface area contributed by atoms with Crippen molar-refractivity contribution < 1.29 is 19.1 Å². The van der Waals surface area contributed by atoms with Gasteiger partial charge in [0.05, 0.1) is 0 Å². The van der Waals surface area contributed by atoms with E-state index in [1.807, 2.05) is 47.4 Å². The van der Waals surface area contributed by atoms with Crippen LogP contribution in [0.1, 0.15) is 6.92 Å². The molecular formula is C25H21NO4. The molecular weight excluding hydrogens is 378 g/mol. The molecule has 0 bridgehead atoms. The summed E-state index contributed by atoms with van der Waals surface area (Å²) in [7, 11) is 0. The Morgan fingerprint density at radius 3 is 1.87 bits per heavy atom. The smallest absolute Gasteiger partial charge is 0.338 e. The van der Waals surface area contributed by atoms with E-state index in [2.05, 4.69) is 13.2 Å². The summed E-state index contributed by atoms with van der Waals surface area (Å²) in [6, 6.07) is 24.0. The Morgan fingerprint density at radius 1 is 0.800 bits per heavy atom. The summed E-state index contributed by atoms with van der Waals surface area (Å²) in [5, 5.41) is 0. The van der Waals surface area contributed by atoms with Gasteiger partial charge in [0, 0.05) is 40.8 Å². The molecule has 0 aromatic heterocycles. The van der Waals surface area contributed by atoms with Crippen molar-refractivity contribution in [3.8, 4) is 11.5 Å². The van der Waals surface area contributed by atoms with Gasteiger partial charge in [-0.3, -0.25) is 0 Å². The Morgan fingerprint density at radius 2 is 1.33 bits per heavy atom. The third-order valence-corrected chi connectivity index (χ3v) is 4.11. The second-order valence-corrected chi connectivity index (χ2v) is 6.46. The topological polar surface area (TPSA) is 55.8 Å². The van der Waals surface area contributed by atoms with Crippen LogP contribution >= 0.6 is 0 Å². The van der Waals surface area contributed by atoms with Crippen LogP contribution in [0.15, 0.2) is 104 Å². The van der Waals surface area contributed by atoms with Crippen molar-refractivity contribution in [2.45, 2.75) is 6.92 Å². The first-order chi connectivity index (χ1) is 14.5. The lowest BCUT2D eigenvalue weighted by molar-refractivity contribution is -0.130. The molecule has 150 valence electrons. The molecule has 5 nitrogen and oxygen atoms in total. The van der Waals surface area contributed by atoms with Crippen molar-refractivity contribution >= 4 is 29.0 Å². The molecule has 0 aliphatic carbocycles. The summed E-state index contributed by atoms with van der Waals surface area (Å²) in [5.41, 5.74) is 2.73. The fourth-order valence-electron chi connectivity index (χ4n) is 2.75. The van der Waals surface area contributed by atoms with E-state index in [0.717, 1.165) is 23.1 Å². The van der Waals surface area contributed by atoms with E-state index in [0.29, 0.717) is 17.1 Å². The van der Waals surface area contributed by atoms with Crippen molar-refractivity contribution in [1.29, 1.82) is 0 Å². The van der Waals surface area contributed by atoms with Crippen molar-refractivity contribution in [3.05, 3.63) is 104 Å². The number of benzene rings is 3. The van der Waals surface area contributed by atoms with Crippen LogP contribution in [0, 0.1) is 0 Å². The van der Waals surface area contributed by atoms with Crippen molar-refractivity contribution in [2.75, 3.05) is 4.90 Å². The third kappa shape index (κ3) is 5.02. The van der Waals surface area contributed by atoms with Crippen LogP contribution in [0.4, 0.5) is 17.1 Å². The van der Waals surface area contributed by atoms with Gasteiger partial charge < -0.3 is 14.4 Å². The maximum Gasteiger partial charge on any atom is 0.338 e. The van der Waals surface area contributed by atoms with Crippen molar-refractivity contribution in [3.63, 3.8) is 0 Å².